The van der Waals surface area contributed by atoms with Crippen LogP contribution in [0.25, 0.3) is 0 Å². The van der Waals surface area contributed by atoms with E-state index in [1.807, 2.05) is 6.92 Å². The van der Waals surface area contributed by atoms with Crippen LogP contribution in [-0.4, -0.2) is 22.5 Å². The summed E-state index contributed by atoms with van der Waals surface area (Å²) in [4.78, 5) is 30.3. The van der Waals surface area contributed by atoms with Crippen molar-refractivity contribution in [1.82, 2.24) is 15.3 Å². The number of carbonyl (C=O) groups excluding carboxylic acids is 1. The molecule has 0 aromatic carbocycles. The zero-order valence-corrected chi connectivity index (χ0v) is 12.0. The standard InChI is InChI=1S/C15H17N3O3/c1-3-21-13-8-11(6-7-16-13)9-17-14(19)12-5-4-10(2)18-15(12)20/h4-8H,3,9H2,1-2H3,(H,17,19)(H,18,20). The summed E-state index contributed by atoms with van der Waals surface area (Å²) in [7, 11) is 0. The van der Waals surface area contributed by atoms with Crippen LogP contribution in [0.3, 0.4) is 0 Å². The van der Waals surface area contributed by atoms with Crippen LogP contribution in [0.1, 0.15) is 28.5 Å². The highest BCUT2D eigenvalue weighted by Gasteiger charge is 2.10. The van der Waals surface area contributed by atoms with E-state index in [9.17, 15) is 9.59 Å². The van der Waals surface area contributed by atoms with Crippen molar-refractivity contribution in [3.63, 3.8) is 0 Å². The monoisotopic (exact) mass is 287 g/mol. The highest BCUT2D eigenvalue weighted by atomic mass is 16.5. The minimum absolute atomic E-state index is 0.0969. The molecular formula is C15H17N3O3. The summed E-state index contributed by atoms with van der Waals surface area (Å²) in [5, 5.41) is 2.70. The number of aryl methyl sites for hydroxylation is 1. The lowest BCUT2D eigenvalue weighted by Crippen LogP contribution is -2.29. The fraction of sp³-hybridized carbons (Fsp3) is 0.267. The third-order valence-corrected chi connectivity index (χ3v) is 2.84. The van der Waals surface area contributed by atoms with E-state index in [0.717, 1.165) is 5.56 Å². The van der Waals surface area contributed by atoms with Gasteiger partial charge in [-0.25, -0.2) is 4.98 Å². The van der Waals surface area contributed by atoms with Crippen LogP contribution < -0.4 is 15.6 Å². The van der Waals surface area contributed by atoms with Crippen molar-refractivity contribution >= 4 is 5.91 Å². The maximum Gasteiger partial charge on any atom is 0.260 e. The molecule has 2 N–H and O–H groups in total. The Balaban J connectivity index is 2.04. The second-order valence-corrected chi connectivity index (χ2v) is 4.50. The molecule has 0 aliphatic carbocycles. The van der Waals surface area contributed by atoms with Crippen LogP contribution in [0.4, 0.5) is 0 Å². The highest BCUT2D eigenvalue weighted by molar-refractivity contribution is 5.93. The molecule has 1 amide bonds. The van der Waals surface area contributed by atoms with Crippen LogP contribution >= 0.6 is 0 Å². The number of aromatic nitrogens is 2. The Hall–Kier alpha value is -2.63. The summed E-state index contributed by atoms with van der Waals surface area (Å²) >= 11 is 0. The Kier molecular flexibility index (Phi) is 4.71. The first-order chi connectivity index (χ1) is 10.1. The predicted octanol–water partition coefficient (Wildman–Crippen LogP) is 1.41. The quantitative estimate of drug-likeness (QED) is 0.870. The molecule has 0 fully saturated rings. The van der Waals surface area contributed by atoms with E-state index >= 15 is 0 Å². The zero-order valence-electron chi connectivity index (χ0n) is 12.0. The topological polar surface area (TPSA) is 84.1 Å². The lowest BCUT2D eigenvalue weighted by molar-refractivity contribution is 0.0949. The number of amides is 1. The number of nitrogens with zero attached hydrogens (tertiary/aromatic N) is 1. The van der Waals surface area contributed by atoms with Gasteiger partial charge in [-0.3, -0.25) is 9.59 Å². The molecule has 2 rings (SSSR count). The first-order valence-corrected chi connectivity index (χ1v) is 6.66. The molecule has 6 heteroatoms. The number of rotatable bonds is 5. The van der Waals surface area contributed by atoms with Crippen LogP contribution in [-0.2, 0) is 6.54 Å². The Bertz CT molecular complexity index is 695. The minimum Gasteiger partial charge on any atom is -0.478 e. The SMILES string of the molecule is CCOc1cc(CNC(=O)c2ccc(C)[nH]c2=O)ccn1. The molecule has 0 saturated carbocycles. The fourth-order valence-electron chi connectivity index (χ4n) is 1.82. The number of nitrogens with one attached hydrogen (secondary N) is 2. The van der Waals surface area contributed by atoms with E-state index in [-0.39, 0.29) is 5.56 Å². The fourth-order valence-corrected chi connectivity index (χ4v) is 1.82. The first kappa shape index (κ1) is 14.8. The lowest BCUT2D eigenvalue weighted by Gasteiger charge is -2.07. The van der Waals surface area contributed by atoms with Gasteiger partial charge in [-0.15, -0.1) is 0 Å². The largest absolute Gasteiger partial charge is 0.478 e. The summed E-state index contributed by atoms with van der Waals surface area (Å²) in [6.45, 7) is 4.46. The minimum atomic E-state index is -0.411. The molecule has 2 aromatic heterocycles. The predicted molar refractivity (Wildman–Crippen MR) is 78.4 cm³/mol. The van der Waals surface area contributed by atoms with Gasteiger partial charge >= 0.3 is 0 Å². The average Bonchev–Trinajstić information content (AvgIpc) is 2.45. The molecule has 2 aromatic rings. The van der Waals surface area contributed by atoms with Gasteiger partial charge in [0.15, 0.2) is 0 Å². The molecule has 0 unspecified atom stereocenters. The van der Waals surface area contributed by atoms with Gasteiger partial charge < -0.3 is 15.0 Å². The molecule has 0 atom stereocenters. The van der Waals surface area contributed by atoms with E-state index in [4.69, 9.17) is 4.74 Å². The summed E-state index contributed by atoms with van der Waals surface area (Å²) in [6.07, 6.45) is 1.62. The molecule has 21 heavy (non-hydrogen) atoms. The van der Waals surface area contributed by atoms with Gasteiger partial charge in [0.1, 0.15) is 5.56 Å². The van der Waals surface area contributed by atoms with Gasteiger partial charge in [-0.2, -0.15) is 0 Å². The van der Waals surface area contributed by atoms with Gasteiger partial charge in [0.25, 0.3) is 11.5 Å². The Labute approximate surface area is 122 Å². The molecule has 0 spiro atoms. The van der Waals surface area contributed by atoms with Gasteiger partial charge in [0.2, 0.25) is 5.88 Å². The summed E-state index contributed by atoms with van der Waals surface area (Å²) in [6, 6.07) is 6.74. The molecule has 0 aliphatic heterocycles. The van der Waals surface area contributed by atoms with E-state index in [1.165, 1.54) is 6.07 Å². The van der Waals surface area contributed by atoms with Crippen molar-refractivity contribution in [2.45, 2.75) is 20.4 Å². The first-order valence-electron chi connectivity index (χ1n) is 6.66. The molecule has 0 aliphatic rings. The van der Waals surface area contributed by atoms with Gasteiger partial charge in [0, 0.05) is 24.5 Å². The number of H-pyrrole nitrogens is 1. The van der Waals surface area contributed by atoms with E-state index in [2.05, 4.69) is 15.3 Å². The van der Waals surface area contributed by atoms with Crippen LogP contribution in [0.5, 0.6) is 5.88 Å². The van der Waals surface area contributed by atoms with Crippen molar-refractivity contribution in [1.29, 1.82) is 0 Å². The van der Waals surface area contributed by atoms with Crippen molar-refractivity contribution in [2.75, 3.05) is 6.61 Å². The third kappa shape index (κ3) is 3.92. The number of hydrogen-bond acceptors (Lipinski definition) is 4. The van der Waals surface area contributed by atoms with Crippen LogP contribution in [0, 0.1) is 6.92 Å². The number of aromatic amines is 1. The maximum atomic E-state index is 12.0. The van der Waals surface area contributed by atoms with Gasteiger partial charge in [-0.1, -0.05) is 0 Å². The van der Waals surface area contributed by atoms with Crippen molar-refractivity contribution < 1.29 is 9.53 Å². The maximum absolute atomic E-state index is 12.0. The lowest BCUT2D eigenvalue weighted by atomic mass is 10.2. The second-order valence-electron chi connectivity index (χ2n) is 4.50. The molecule has 0 bridgehead atoms. The second kappa shape index (κ2) is 6.69. The molecule has 0 saturated heterocycles. The molecule has 0 radical (unpaired) electrons. The van der Waals surface area contributed by atoms with Crippen molar-refractivity contribution in [3.8, 4) is 5.88 Å². The van der Waals surface area contributed by atoms with E-state index in [1.54, 1.807) is 31.3 Å². The molecule has 2 heterocycles. The van der Waals surface area contributed by atoms with Gasteiger partial charge in [0.05, 0.1) is 6.61 Å². The Morgan fingerprint density at radius 2 is 2.19 bits per heavy atom. The molecule has 6 nitrogen and oxygen atoms in total. The number of pyridine rings is 2. The normalized spacial score (nSPS) is 10.2. The molecular weight excluding hydrogens is 270 g/mol. The Morgan fingerprint density at radius 3 is 2.90 bits per heavy atom. The highest BCUT2D eigenvalue weighted by Crippen LogP contribution is 2.09. The summed E-state index contributed by atoms with van der Waals surface area (Å²) in [5.41, 5.74) is 1.27. The number of hydrogen-bond donors (Lipinski definition) is 2. The van der Waals surface area contributed by atoms with Gasteiger partial charge in [-0.05, 0) is 37.6 Å². The number of ether oxygens (including phenoxy) is 1. The van der Waals surface area contributed by atoms with E-state index < -0.39 is 11.5 Å². The summed E-state index contributed by atoms with van der Waals surface area (Å²) in [5.74, 6) is 0.100. The molecule has 110 valence electrons. The number of carbonyl (C=O) groups is 1. The van der Waals surface area contributed by atoms with Crippen molar-refractivity contribution in [2.24, 2.45) is 0 Å². The van der Waals surface area contributed by atoms with Crippen molar-refractivity contribution in [3.05, 3.63) is 57.6 Å². The third-order valence-electron chi connectivity index (χ3n) is 2.84. The summed E-state index contributed by atoms with van der Waals surface area (Å²) < 4.78 is 5.29. The van der Waals surface area contributed by atoms with E-state index in [0.29, 0.717) is 24.7 Å². The van der Waals surface area contributed by atoms with Crippen LogP contribution in [0.2, 0.25) is 0 Å². The smallest absolute Gasteiger partial charge is 0.260 e. The average molecular weight is 287 g/mol. The Morgan fingerprint density at radius 1 is 1.38 bits per heavy atom. The zero-order chi connectivity index (χ0) is 15.2. The van der Waals surface area contributed by atoms with Crippen LogP contribution in [0.15, 0.2) is 35.3 Å².